The number of rotatable bonds is 7. The molecule has 1 aliphatic heterocycles. The number of carbonyl (C=O) groups excluding carboxylic acids is 1. The largest absolute Gasteiger partial charge is 0.396 e. The van der Waals surface area contributed by atoms with Gasteiger partial charge in [-0.05, 0) is 61.6 Å². The Morgan fingerprint density at radius 3 is 2.72 bits per heavy atom. The molecule has 0 bridgehead atoms. The molecule has 1 saturated carbocycles. The summed E-state index contributed by atoms with van der Waals surface area (Å²) in [5, 5.41) is 12.8. The fraction of sp³-hybridized carbons (Fsp3) is 0.650. The smallest absolute Gasteiger partial charge is 0.220 e. The van der Waals surface area contributed by atoms with Crippen LogP contribution in [0, 0.1) is 24.1 Å². The van der Waals surface area contributed by atoms with Crippen LogP contribution in [0.1, 0.15) is 49.1 Å². The van der Waals surface area contributed by atoms with Crippen LogP contribution in [0.25, 0.3) is 0 Å². The number of carbonyl (C=O) groups is 1. The van der Waals surface area contributed by atoms with Crippen molar-refractivity contribution < 1.29 is 19.0 Å². The number of aryl methyl sites for hydroxylation is 1. The molecule has 1 amide bonds. The molecule has 1 unspecified atom stereocenters. The average Bonchev–Trinajstić information content (AvgIpc) is 3.46. The molecule has 0 aromatic heterocycles. The Balaban J connectivity index is 1.60. The Morgan fingerprint density at radius 1 is 1.40 bits per heavy atom. The highest BCUT2D eigenvalue weighted by Crippen LogP contribution is 2.44. The van der Waals surface area contributed by atoms with E-state index >= 15 is 0 Å². The first-order valence-electron chi connectivity index (χ1n) is 9.24. The molecule has 25 heavy (non-hydrogen) atoms. The van der Waals surface area contributed by atoms with E-state index in [9.17, 15) is 14.3 Å². The van der Waals surface area contributed by atoms with E-state index in [-0.39, 0.29) is 29.7 Å². The summed E-state index contributed by atoms with van der Waals surface area (Å²) in [4.78, 5) is 12.5. The summed E-state index contributed by atoms with van der Waals surface area (Å²) in [5.41, 5.74) is 1.43. The highest BCUT2D eigenvalue weighted by molar-refractivity contribution is 5.77. The van der Waals surface area contributed by atoms with Crippen molar-refractivity contribution in [3.8, 4) is 0 Å². The summed E-state index contributed by atoms with van der Waals surface area (Å²) in [6, 6.07) is 5.19. The van der Waals surface area contributed by atoms with E-state index in [4.69, 9.17) is 4.74 Å². The molecule has 0 spiro atoms. The fourth-order valence-electron chi connectivity index (χ4n) is 3.71. The SMILES string of the molecule is Cc1cc(C(CC(=O)NCC2(CO)CCOCC2)C2CC2)ccc1F. The Hall–Kier alpha value is -1.46. The number of hydrogen-bond donors (Lipinski definition) is 2. The first-order valence-corrected chi connectivity index (χ1v) is 9.24. The minimum absolute atomic E-state index is 0.0122. The van der Waals surface area contributed by atoms with Crippen molar-refractivity contribution in [2.75, 3.05) is 26.4 Å². The number of amides is 1. The van der Waals surface area contributed by atoms with E-state index < -0.39 is 0 Å². The maximum atomic E-state index is 13.5. The number of hydrogen-bond acceptors (Lipinski definition) is 3. The van der Waals surface area contributed by atoms with Gasteiger partial charge < -0.3 is 15.2 Å². The van der Waals surface area contributed by atoms with Crippen LogP contribution in [-0.4, -0.2) is 37.4 Å². The number of ether oxygens (including phenoxy) is 1. The van der Waals surface area contributed by atoms with Crippen LogP contribution < -0.4 is 5.32 Å². The second kappa shape index (κ2) is 7.83. The van der Waals surface area contributed by atoms with Gasteiger partial charge in [0.1, 0.15) is 5.82 Å². The molecule has 1 atom stereocenters. The zero-order valence-electron chi connectivity index (χ0n) is 14.9. The van der Waals surface area contributed by atoms with Crippen molar-refractivity contribution in [2.24, 2.45) is 11.3 Å². The first kappa shape index (κ1) is 18.3. The Kier molecular flexibility index (Phi) is 5.74. The van der Waals surface area contributed by atoms with Crippen LogP contribution in [0.3, 0.4) is 0 Å². The van der Waals surface area contributed by atoms with Gasteiger partial charge in [-0.3, -0.25) is 4.79 Å². The van der Waals surface area contributed by atoms with Crippen LogP contribution in [0.2, 0.25) is 0 Å². The van der Waals surface area contributed by atoms with Gasteiger partial charge in [0, 0.05) is 31.6 Å². The summed E-state index contributed by atoms with van der Waals surface area (Å²) >= 11 is 0. The summed E-state index contributed by atoms with van der Waals surface area (Å²) in [7, 11) is 0. The van der Waals surface area contributed by atoms with Gasteiger partial charge in [-0.15, -0.1) is 0 Å². The topological polar surface area (TPSA) is 58.6 Å². The lowest BCUT2D eigenvalue weighted by atomic mass is 9.81. The van der Waals surface area contributed by atoms with Crippen molar-refractivity contribution in [3.63, 3.8) is 0 Å². The molecule has 3 rings (SSSR count). The van der Waals surface area contributed by atoms with Gasteiger partial charge >= 0.3 is 0 Å². The van der Waals surface area contributed by atoms with Crippen LogP contribution in [0.4, 0.5) is 4.39 Å². The monoisotopic (exact) mass is 349 g/mol. The van der Waals surface area contributed by atoms with Crippen molar-refractivity contribution in [1.82, 2.24) is 5.32 Å². The molecule has 4 nitrogen and oxygen atoms in total. The lowest BCUT2D eigenvalue weighted by molar-refractivity contribution is -0.122. The number of aliphatic hydroxyl groups excluding tert-OH is 1. The van der Waals surface area contributed by atoms with Gasteiger partial charge in [-0.2, -0.15) is 0 Å². The molecular formula is C20H28FNO3. The number of nitrogens with one attached hydrogen (secondary N) is 1. The molecule has 2 fully saturated rings. The zero-order valence-corrected chi connectivity index (χ0v) is 14.9. The molecule has 2 aliphatic rings. The first-order chi connectivity index (χ1) is 12.0. The lowest BCUT2D eigenvalue weighted by Crippen LogP contribution is -2.44. The summed E-state index contributed by atoms with van der Waals surface area (Å²) < 4.78 is 18.9. The number of benzene rings is 1. The van der Waals surface area contributed by atoms with E-state index in [0.29, 0.717) is 37.7 Å². The van der Waals surface area contributed by atoms with Crippen molar-refractivity contribution >= 4 is 5.91 Å². The fourth-order valence-corrected chi connectivity index (χ4v) is 3.71. The molecule has 1 aliphatic carbocycles. The summed E-state index contributed by atoms with van der Waals surface area (Å²) in [6.07, 6.45) is 4.23. The number of aliphatic hydroxyl groups is 1. The molecular weight excluding hydrogens is 321 g/mol. The second-order valence-electron chi connectivity index (χ2n) is 7.70. The van der Waals surface area contributed by atoms with E-state index in [0.717, 1.165) is 31.2 Å². The molecule has 138 valence electrons. The van der Waals surface area contributed by atoms with Crippen LogP contribution in [0.5, 0.6) is 0 Å². The third kappa shape index (κ3) is 4.59. The highest BCUT2D eigenvalue weighted by Gasteiger charge is 2.35. The normalized spacial score (nSPS) is 20.9. The van der Waals surface area contributed by atoms with Gasteiger partial charge in [-0.25, -0.2) is 4.39 Å². The molecule has 1 aromatic rings. The summed E-state index contributed by atoms with van der Waals surface area (Å²) in [6.45, 7) is 3.59. The predicted molar refractivity (Wildman–Crippen MR) is 93.8 cm³/mol. The van der Waals surface area contributed by atoms with Gasteiger partial charge in [0.25, 0.3) is 0 Å². The second-order valence-corrected chi connectivity index (χ2v) is 7.70. The minimum atomic E-state index is -0.255. The zero-order chi connectivity index (χ0) is 17.9. The van der Waals surface area contributed by atoms with Gasteiger partial charge in [0.15, 0.2) is 0 Å². The van der Waals surface area contributed by atoms with E-state index in [1.807, 2.05) is 12.1 Å². The maximum absolute atomic E-state index is 13.5. The Bertz CT molecular complexity index is 609. The standard InChI is InChI=1S/C20H28FNO3/c1-14-10-16(4-5-18(14)21)17(15-2-3-15)11-19(24)22-12-20(13-23)6-8-25-9-7-20/h4-5,10,15,17,23H,2-3,6-9,11-13H2,1H3,(H,22,24). The predicted octanol–water partition coefficient (Wildman–Crippen LogP) is 2.92. The molecule has 1 aromatic carbocycles. The molecule has 1 heterocycles. The van der Waals surface area contributed by atoms with E-state index in [2.05, 4.69) is 5.32 Å². The van der Waals surface area contributed by atoms with E-state index in [1.54, 1.807) is 6.92 Å². The minimum Gasteiger partial charge on any atom is -0.396 e. The van der Waals surface area contributed by atoms with Crippen LogP contribution >= 0.6 is 0 Å². The highest BCUT2D eigenvalue weighted by atomic mass is 19.1. The summed E-state index contributed by atoms with van der Waals surface area (Å²) in [5.74, 6) is 0.481. The van der Waals surface area contributed by atoms with Crippen molar-refractivity contribution in [1.29, 1.82) is 0 Å². The Morgan fingerprint density at radius 2 is 2.12 bits per heavy atom. The van der Waals surface area contributed by atoms with Gasteiger partial charge in [0.2, 0.25) is 5.91 Å². The van der Waals surface area contributed by atoms with E-state index in [1.165, 1.54) is 6.07 Å². The van der Waals surface area contributed by atoms with Gasteiger partial charge in [-0.1, -0.05) is 12.1 Å². The third-order valence-corrected chi connectivity index (χ3v) is 5.76. The third-order valence-electron chi connectivity index (χ3n) is 5.76. The average molecular weight is 349 g/mol. The maximum Gasteiger partial charge on any atom is 0.220 e. The van der Waals surface area contributed by atoms with Gasteiger partial charge in [0.05, 0.1) is 6.61 Å². The quantitative estimate of drug-likeness (QED) is 0.796. The lowest BCUT2D eigenvalue weighted by Gasteiger charge is -2.35. The molecule has 5 heteroatoms. The number of halogens is 1. The molecule has 1 saturated heterocycles. The molecule has 0 radical (unpaired) electrons. The van der Waals surface area contributed by atoms with Crippen LogP contribution in [0.15, 0.2) is 18.2 Å². The van der Waals surface area contributed by atoms with Crippen molar-refractivity contribution in [3.05, 3.63) is 35.1 Å². The van der Waals surface area contributed by atoms with Crippen molar-refractivity contribution in [2.45, 2.75) is 44.9 Å². The van der Waals surface area contributed by atoms with Crippen LogP contribution in [-0.2, 0) is 9.53 Å². The Labute approximate surface area is 148 Å². The molecule has 2 N–H and O–H groups in total.